The molecule has 0 fully saturated rings. The molecular formula is C17H17N3O2S. The van der Waals surface area contributed by atoms with E-state index in [0.29, 0.717) is 0 Å². The summed E-state index contributed by atoms with van der Waals surface area (Å²) in [6.07, 6.45) is 1.71. The first-order valence-electron chi connectivity index (χ1n) is 7.11. The van der Waals surface area contributed by atoms with Crippen molar-refractivity contribution in [1.82, 2.24) is 14.8 Å². The third-order valence-electron chi connectivity index (χ3n) is 3.40. The third-order valence-corrected chi connectivity index (χ3v) is 4.39. The second-order valence-electron chi connectivity index (χ2n) is 4.79. The van der Waals surface area contributed by atoms with Crippen molar-refractivity contribution in [3.8, 4) is 17.2 Å². The van der Waals surface area contributed by atoms with E-state index in [1.165, 1.54) is 0 Å². The summed E-state index contributed by atoms with van der Waals surface area (Å²) in [5.74, 6) is 2.44. The highest BCUT2D eigenvalue weighted by molar-refractivity contribution is 7.98. The molecule has 6 heteroatoms. The summed E-state index contributed by atoms with van der Waals surface area (Å²) in [6, 6.07) is 15.8. The van der Waals surface area contributed by atoms with Crippen LogP contribution >= 0.6 is 11.8 Å². The first kappa shape index (κ1) is 15.4. The molecule has 23 heavy (non-hydrogen) atoms. The maximum atomic E-state index is 5.39. The van der Waals surface area contributed by atoms with Crippen LogP contribution in [0.5, 0.6) is 11.5 Å². The lowest BCUT2D eigenvalue weighted by molar-refractivity contribution is 0.411. The first-order chi connectivity index (χ1) is 11.3. The molecule has 5 nitrogen and oxygen atoms in total. The van der Waals surface area contributed by atoms with Crippen LogP contribution in [-0.4, -0.2) is 29.0 Å². The van der Waals surface area contributed by atoms with E-state index in [2.05, 4.69) is 16.3 Å². The number of para-hydroxylation sites is 1. The fraction of sp³-hybridized carbons (Fsp3) is 0.176. The molecule has 0 amide bonds. The smallest absolute Gasteiger partial charge is 0.195 e. The number of methoxy groups -OCH3 is 2. The summed E-state index contributed by atoms with van der Waals surface area (Å²) < 4.78 is 12.6. The Labute approximate surface area is 139 Å². The highest BCUT2D eigenvalue weighted by atomic mass is 32.2. The van der Waals surface area contributed by atoms with Crippen molar-refractivity contribution in [3.63, 3.8) is 0 Å². The van der Waals surface area contributed by atoms with Gasteiger partial charge in [0, 0.05) is 17.4 Å². The van der Waals surface area contributed by atoms with Crippen LogP contribution < -0.4 is 9.47 Å². The monoisotopic (exact) mass is 327 g/mol. The van der Waals surface area contributed by atoms with Crippen molar-refractivity contribution < 1.29 is 9.47 Å². The fourth-order valence-electron chi connectivity index (χ4n) is 2.22. The van der Waals surface area contributed by atoms with Gasteiger partial charge in [0.05, 0.1) is 19.9 Å². The van der Waals surface area contributed by atoms with Crippen LogP contribution in [0.2, 0.25) is 0 Å². The van der Waals surface area contributed by atoms with E-state index in [1.807, 2.05) is 47.0 Å². The number of benzene rings is 2. The quantitative estimate of drug-likeness (QED) is 0.648. The summed E-state index contributed by atoms with van der Waals surface area (Å²) >= 11 is 1.61. The molecule has 0 aliphatic rings. The van der Waals surface area contributed by atoms with Gasteiger partial charge in [-0.15, -0.1) is 10.2 Å². The van der Waals surface area contributed by atoms with Crippen molar-refractivity contribution in [1.29, 1.82) is 0 Å². The van der Waals surface area contributed by atoms with Gasteiger partial charge in [-0.3, -0.25) is 4.57 Å². The number of nitrogens with zero attached hydrogens (tertiary/aromatic N) is 3. The van der Waals surface area contributed by atoms with Crippen LogP contribution in [0.3, 0.4) is 0 Å². The molecule has 0 radical (unpaired) electrons. The van der Waals surface area contributed by atoms with Crippen LogP contribution in [-0.2, 0) is 5.75 Å². The van der Waals surface area contributed by atoms with Gasteiger partial charge in [-0.05, 0) is 18.2 Å². The summed E-state index contributed by atoms with van der Waals surface area (Å²) in [4.78, 5) is 0. The number of hydrogen-bond acceptors (Lipinski definition) is 5. The molecule has 0 aliphatic heterocycles. The molecule has 0 saturated carbocycles. The zero-order chi connectivity index (χ0) is 16.1. The molecule has 0 spiro atoms. The molecule has 0 bridgehead atoms. The Kier molecular flexibility index (Phi) is 4.83. The van der Waals surface area contributed by atoms with Crippen molar-refractivity contribution in [2.45, 2.75) is 10.9 Å². The topological polar surface area (TPSA) is 49.2 Å². The molecule has 3 aromatic rings. The van der Waals surface area contributed by atoms with Gasteiger partial charge in [0.1, 0.15) is 17.8 Å². The SMILES string of the molecule is COc1cccc(-n2cnnc2SCc2ccccc2OC)c1. The number of thioether (sulfide) groups is 1. The van der Waals surface area contributed by atoms with E-state index in [9.17, 15) is 0 Å². The lowest BCUT2D eigenvalue weighted by Gasteiger charge is -2.09. The Balaban J connectivity index is 1.81. The van der Waals surface area contributed by atoms with Crippen molar-refractivity contribution in [3.05, 3.63) is 60.4 Å². The highest BCUT2D eigenvalue weighted by Crippen LogP contribution is 2.28. The molecular weight excluding hydrogens is 310 g/mol. The molecule has 0 N–H and O–H groups in total. The Hall–Kier alpha value is -2.47. The minimum Gasteiger partial charge on any atom is -0.497 e. The normalized spacial score (nSPS) is 10.5. The van der Waals surface area contributed by atoms with E-state index in [-0.39, 0.29) is 0 Å². The number of hydrogen-bond donors (Lipinski definition) is 0. The first-order valence-corrected chi connectivity index (χ1v) is 8.09. The van der Waals surface area contributed by atoms with Gasteiger partial charge in [-0.25, -0.2) is 0 Å². The van der Waals surface area contributed by atoms with Crippen molar-refractivity contribution in [2.75, 3.05) is 14.2 Å². The average Bonchev–Trinajstić information content (AvgIpc) is 3.08. The summed E-state index contributed by atoms with van der Waals surface area (Å²) in [5.41, 5.74) is 2.09. The van der Waals surface area contributed by atoms with Crippen LogP contribution in [0.1, 0.15) is 5.56 Å². The molecule has 2 aromatic carbocycles. The van der Waals surface area contributed by atoms with Crippen LogP contribution in [0.25, 0.3) is 5.69 Å². The van der Waals surface area contributed by atoms with Gasteiger partial charge in [-0.2, -0.15) is 0 Å². The molecule has 0 unspecified atom stereocenters. The predicted molar refractivity (Wildman–Crippen MR) is 90.5 cm³/mol. The largest absolute Gasteiger partial charge is 0.497 e. The van der Waals surface area contributed by atoms with Crippen LogP contribution in [0.15, 0.2) is 60.0 Å². The van der Waals surface area contributed by atoms with Crippen molar-refractivity contribution in [2.24, 2.45) is 0 Å². The Morgan fingerprint density at radius 2 is 1.91 bits per heavy atom. The standard InChI is InChI=1S/C17H17N3O2S/c1-21-15-8-5-7-14(10-15)20-12-18-19-17(20)23-11-13-6-3-4-9-16(13)22-2/h3-10,12H,11H2,1-2H3. The van der Waals surface area contributed by atoms with E-state index in [1.54, 1.807) is 32.3 Å². The summed E-state index contributed by atoms with van der Waals surface area (Å²) in [5, 5.41) is 9.07. The van der Waals surface area contributed by atoms with E-state index in [4.69, 9.17) is 9.47 Å². The Bertz CT molecular complexity index is 789. The lowest BCUT2D eigenvalue weighted by atomic mass is 10.2. The number of ether oxygens (including phenoxy) is 2. The maximum Gasteiger partial charge on any atom is 0.195 e. The zero-order valence-corrected chi connectivity index (χ0v) is 13.8. The summed E-state index contributed by atoms with van der Waals surface area (Å²) in [7, 11) is 3.34. The van der Waals surface area contributed by atoms with Gasteiger partial charge in [0.15, 0.2) is 5.16 Å². The Morgan fingerprint density at radius 1 is 1.04 bits per heavy atom. The third kappa shape index (κ3) is 3.48. The van der Waals surface area contributed by atoms with Gasteiger partial charge in [0.2, 0.25) is 0 Å². The van der Waals surface area contributed by atoms with E-state index >= 15 is 0 Å². The highest BCUT2D eigenvalue weighted by Gasteiger charge is 2.10. The molecule has 1 aromatic heterocycles. The second-order valence-corrected chi connectivity index (χ2v) is 5.73. The van der Waals surface area contributed by atoms with E-state index in [0.717, 1.165) is 33.7 Å². The Morgan fingerprint density at radius 3 is 2.74 bits per heavy atom. The molecule has 0 atom stereocenters. The van der Waals surface area contributed by atoms with Gasteiger partial charge >= 0.3 is 0 Å². The molecule has 1 heterocycles. The van der Waals surface area contributed by atoms with Crippen molar-refractivity contribution >= 4 is 11.8 Å². The van der Waals surface area contributed by atoms with Crippen LogP contribution in [0, 0.1) is 0 Å². The summed E-state index contributed by atoms with van der Waals surface area (Å²) in [6.45, 7) is 0. The average molecular weight is 327 g/mol. The second kappa shape index (κ2) is 7.19. The van der Waals surface area contributed by atoms with E-state index < -0.39 is 0 Å². The number of aromatic nitrogens is 3. The zero-order valence-electron chi connectivity index (χ0n) is 13.0. The fourth-order valence-corrected chi connectivity index (χ4v) is 3.14. The maximum absolute atomic E-state index is 5.39. The van der Waals surface area contributed by atoms with Gasteiger partial charge < -0.3 is 9.47 Å². The van der Waals surface area contributed by atoms with Crippen LogP contribution in [0.4, 0.5) is 0 Å². The minimum atomic E-state index is 0.757. The molecule has 0 saturated heterocycles. The molecule has 0 aliphatic carbocycles. The van der Waals surface area contributed by atoms with Gasteiger partial charge in [-0.1, -0.05) is 36.0 Å². The molecule has 3 rings (SSSR count). The minimum absolute atomic E-state index is 0.757. The predicted octanol–water partition coefficient (Wildman–Crippen LogP) is 3.58. The molecule has 118 valence electrons. The van der Waals surface area contributed by atoms with Gasteiger partial charge in [0.25, 0.3) is 0 Å². The lowest BCUT2D eigenvalue weighted by Crippen LogP contribution is -1.96. The number of rotatable bonds is 6.